The van der Waals surface area contributed by atoms with E-state index >= 15 is 0 Å². The fourth-order valence-corrected chi connectivity index (χ4v) is 4.18. The van der Waals surface area contributed by atoms with Gasteiger partial charge in [-0.05, 0) is 50.1 Å². The molecule has 8 nitrogen and oxygen atoms in total. The number of carbonyl (C=O) groups is 1. The first-order valence-electron chi connectivity index (χ1n) is 9.61. The zero-order chi connectivity index (χ0) is 21.7. The van der Waals surface area contributed by atoms with Gasteiger partial charge >= 0.3 is 0 Å². The number of aromatic nitrogens is 1. The second kappa shape index (κ2) is 9.50. The number of amides is 1. The van der Waals surface area contributed by atoms with Crippen LogP contribution in [0.25, 0.3) is 0 Å². The quantitative estimate of drug-likeness (QED) is 0.658. The van der Waals surface area contributed by atoms with Crippen LogP contribution in [0.4, 0.5) is 10.2 Å². The first kappa shape index (κ1) is 22.1. The molecule has 1 aliphatic heterocycles. The molecule has 30 heavy (non-hydrogen) atoms. The number of halogens is 1. The highest BCUT2D eigenvalue weighted by molar-refractivity contribution is 7.89. The maximum Gasteiger partial charge on any atom is 0.260 e. The smallest absolute Gasteiger partial charge is 0.260 e. The van der Waals surface area contributed by atoms with Crippen LogP contribution in [0.3, 0.4) is 0 Å². The second-order valence-corrected chi connectivity index (χ2v) is 8.62. The first-order valence-corrected chi connectivity index (χ1v) is 11.1. The van der Waals surface area contributed by atoms with Crippen molar-refractivity contribution in [2.45, 2.75) is 37.6 Å². The molecule has 1 unspecified atom stereocenters. The molecule has 10 heteroatoms. The second-order valence-electron chi connectivity index (χ2n) is 6.91. The summed E-state index contributed by atoms with van der Waals surface area (Å²) >= 11 is 0. The molecule has 1 amide bonds. The number of benzene rings is 1. The van der Waals surface area contributed by atoms with E-state index in [1.165, 1.54) is 37.3 Å². The molecule has 0 radical (unpaired) electrons. The number of sulfonamides is 1. The Morgan fingerprint density at radius 3 is 2.80 bits per heavy atom. The van der Waals surface area contributed by atoms with Gasteiger partial charge in [0.25, 0.3) is 5.91 Å². The highest BCUT2D eigenvalue weighted by Crippen LogP contribution is 2.25. The molecule has 1 aromatic carbocycles. The van der Waals surface area contributed by atoms with E-state index in [-0.39, 0.29) is 33.8 Å². The molecular formula is C20H24FN3O5S. The van der Waals surface area contributed by atoms with E-state index < -0.39 is 21.7 Å². The molecule has 0 saturated carbocycles. The van der Waals surface area contributed by atoms with Crippen LogP contribution in [0.5, 0.6) is 5.75 Å². The predicted octanol–water partition coefficient (Wildman–Crippen LogP) is 2.64. The Hall–Kier alpha value is -2.56. The van der Waals surface area contributed by atoms with Gasteiger partial charge in [0.05, 0.1) is 29.4 Å². The first-order chi connectivity index (χ1) is 14.3. The zero-order valence-corrected chi connectivity index (χ0v) is 17.6. The van der Waals surface area contributed by atoms with Gasteiger partial charge in [-0.1, -0.05) is 6.92 Å². The van der Waals surface area contributed by atoms with Gasteiger partial charge in [0, 0.05) is 12.6 Å². The summed E-state index contributed by atoms with van der Waals surface area (Å²) in [4.78, 5) is 16.8. The van der Waals surface area contributed by atoms with E-state index in [9.17, 15) is 17.6 Å². The highest BCUT2D eigenvalue weighted by Gasteiger charge is 2.25. The van der Waals surface area contributed by atoms with Gasteiger partial charge in [-0.15, -0.1) is 0 Å². The number of aryl methyl sites for hydroxylation is 1. The number of rotatable bonds is 8. The molecule has 2 N–H and O–H groups in total. The SMILES string of the molecule is CCCOc1ccc(S(=O)(=O)NC2CCOC2)cc1C(=O)Nc1ccc(F)c(C)n1. The Morgan fingerprint density at radius 1 is 1.33 bits per heavy atom. The van der Waals surface area contributed by atoms with Crippen molar-refractivity contribution in [3.8, 4) is 5.75 Å². The van der Waals surface area contributed by atoms with Crippen LogP contribution in [-0.2, 0) is 14.8 Å². The third-order valence-corrected chi connectivity index (χ3v) is 6.00. The summed E-state index contributed by atoms with van der Waals surface area (Å²) in [5, 5.41) is 2.56. The molecule has 3 rings (SSSR count). The molecule has 162 valence electrons. The van der Waals surface area contributed by atoms with Crippen LogP contribution < -0.4 is 14.8 Å². The minimum atomic E-state index is -3.85. The average Bonchev–Trinajstić information content (AvgIpc) is 3.21. The zero-order valence-electron chi connectivity index (χ0n) is 16.8. The molecule has 0 bridgehead atoms. The Bertz CT molecular complexity index is 1020. The van der Waals surface area contributed by atoms with Gasteiger partial charge in [-0.25, -0.2) is 22.5 Å². The lowest BCUT2D eigenvalue weighted by molar-refractivity contribution is 0.102. The summed E-state index contributed by atoms with van der Waals surface area (Å²) in [5.74, 6) is -0.706. The number of ether oxygens (including phenoxy) is 2. The third-order valence-electron chi connectivity index (χ3n) is 4.48. The van der Waals surface area contributed by atoms with Crippen LogP contribution in [-0.4, -0.2) is 45.2 Å². The summed E-state index contributed by atoms with van der Waals surface area (Å²) in [6.07, 6.45) is 1.29. The van der Waals surface area contributed by atoms with Crippen molar-refractivity contribution in [2.75, 3.05) is 25.1 Å². The Labute approximate surface area is 174 Å². The summed E-state index contributed by atoms with van der Waals surface area (Å²) in [7, 11) is -3.85. The van der Waals surface area contributed by atoms with E-state index in [4.69, 9.17) is 9.47 Å². The van der Waals surface area contributed by atoms with Crippen molar-refractivity contribution < 1.29 is 27.1 Å². The number of nitrogens with zero attached hydrogens (tertiary/aromatic N) is 1. The van der Waals surface area contributed by atoms with Gasteiger partial charge < -0.3 is 14.8 Å². The van der Waals surface area contributed by atoms with Crippen molar-refractivity contribution in [3.05, 3.63) is 47.4 Å². The van der Waals surface area contributed by atoms with Crippen LogP contribution in [0.15, 0.2) is 35.2 Å². The normalized spacial score (nSPS) is 16.4. The van der Waals surface area contributed by atoms with Crippen LogP contribution in [0.2, 0.25) is 0 Å². The number of carbonyl (C=O) groups excluding carboxylic acids is 1. The van der Waals surface area contributed by atoms with Crippen LogP contribution in [0, 0.1) is 12.7 Å². The number of nitrogens with one attached hydrogen (secondary N) is 2. The summed E-state index contributed by atoms with van der Waals surface area (Å²) < 4.78 is 52.3. The lowest BCUT2D eigenvalue weighted by atomic mass is 10.2. The fraction of sp³-hybridized carbons (Fsp3) is 0.400. The van der Waals surface area contributed by atoms with E-state index in [2.05, 4.69) is 15.0 Å². The maximum atomic E-state index is 13.4. The van der Waals surface area contributed by atoms with Crippen molar-refractivity contribution in [1.29, 1.82) is 0 Å². The average molecular weight is 437 g/mol. The Kier molecular flexibility index (Phi) is 7.01. The van der Waals surface area contributed by atoms with E-state index in [1.54, 1.807) is 0 Å². The van der Waals surface area contributed by atoms with E-state index in [0.29, 0.717) is 32.7 Å². The third kappa shape index (κ3) is 5.32. The van der Waals surface area contributed by atoms with E-state index in [0.717, 1.165) is 0 Å². The molecule has 2 heterocycles. The molecule has 0 spiro atoms. The van der Waals surface area contributed by atoms with E-state index in [1.807, 2.05) is 6.92 Å². The summed E-state index contributed by atoms with van der Waals surface area (Å²) in [6.45, 7) is 4.55. The lowest BCUT2D eigenvalue weighted by Crippen LogP contribution is -2.35. The topological polar surface area (TPSA) is 107 Å². The van der Waals surface area contributed by atoms with Crippen LogP contribution >= 0.6 is 0 Å². The van der Waals surface area contributed by atoms with Crippen LogP contribution in [0.1, 0.15) is 35.8 Å². The minimum absolute atomic E-state index is 0.0396. The predicted molar refractivity (Wildman–Crippen MR) is 109 cm³/mol. The molecular weight excluding hydrogens is 413 g/mol. The molecule has 1 aromatic heterocycles. The molecule has 1 aliphatic rings. The van der Waals surface area contributed by atoms with Crippen molar-refractivity contribution >= 4 is 21.7 Å². The van der Waals surface area contributed by atoms with Gasteiger partial charge in [0.2, 0.25) is 10.0 Å². The summed E-state index contributed by atoms with van der Waals surface area (Å²) in [6, 6.07) is 6.31. The van der Waals surface area contributed by atoms with Gasteiger partial charge in [-0.3, -0.25) is 4.79 Å². The Morgan fingerprint density at radius 2 is 2.13 bits per heavy atom. The van der Waals surface area contributed by atoms with Crippen molar-refractivity contribution in [1.82, 2.24) is 9.71 Å². The maximum absolute atomic E-state index is 13.4. The summed E-state index contributed by atoms with van der Waals surface area (Å²) in [5.41, 5.74) is 0.173. The molecule has 2 aromatic rings. The largest absolute Gasteiger partial charge is 0.493 e. The fourth-order valence-electron chi connectivity index (χ4n) is 2.90. The molecule has 1 saturated heterocycles. The molecule has 0 aliphatic carbocycles. The monoisotopic (exact) mass is 437 g/mol. The number of hydrogen-bond acceptors (Lipinski definition) is 6. The number of pyridine rings is 1. The highest BCUT2D eigenvalue weighted by atomic mass is 32.2. The minimum Gasteiger partial charge on any atom is -0.493 e. The van der Waals surface area contributed by atoms with Crippen molar-refractivity contribution in [3.63, 3.8) is 0 Å². The molecule has 1 fully saturated rings. The lowest BCUT2D eigenvalue weighted by Gasteiger charge is -2.15. The van der Waals surface area contributed by atoms with Gasteiger partial charge in [0.1, 0.15) is 17.4 Å². The van der Waals surface area contributed by atoms with Gasteiger partial charge in [-0.2, -0.15) is 0 Å². The number of anilines is 1. The molecule has 1 atom stereocenters. The van der Waals surface area contributed by atoms with Crippen molar-refractivity contribution in [2.24, 2.45) is 0 Å². The number of hydrogen-bond donors (Lipinski definition) is 2. The Balaban J connectivity index is 1.89. The van der Waals surface area contributed by atoms with Gasteiger partial charge in [0.15, 0.2) is 0 Å². The standard InChI is InChI=1S/C20H24FN3O5S/c1-3-9-29-18-6-4-15(30(26,27)24-14-8-10-28-12-14)11-16(18)20(25)23-19-7-5-17(21)13(2)22-19/h4-7,11,14,24H,3,8-10,12H2,1-2H3,(H,22,23,25).